The molecule has 100 valence electrons. The highest BCUT2D eigenvalue weighted by Gasteiger charge is 2.08. The van der Waals surface area contributed by atoms with E-state index in [1.807, 2.05) is 61.6 Å². The highest BCUT2D eigenvalue weighted by Crippen LogP contribution is 2.21. The zero-order chi connectivity index (χ0) is 14.1. The minimum Gasteiger partial charge on any atom is -0.326 e. The number of pyridine rings is 1. The Labute approximate surface area is 117 Å². The Balaban J connectivity index is 2.25. The molecule has 0 saturated carbocycles. The molecule has 0 saturated heterocycles. The molecule has 1 heterocycles. The Kier molecular flexibility index (Phi) is 3.12. The monoisotopic (exact) mass is 264 g/mol. The number of fused-ring (bicyclic) bond motifs is 1. The number of nitrogens with zero attached hydrogens (tertiary/aromatic N) is 1. The normalized spacial score (nSPS) is 10.9. The number of hydrogen-bond acceptors (Lipinski definition) is 2. The fourth-order valence-corrected chi connectivity index (χ4v) is 2.45. The predicted molar refractivity (Wildman–Crippen MR) is 82.5 cm³/mol. The number of hydrogen-bond donors (Lipinski definition) is 1. The number of para-hydroxylation sites is 1. The Morgan fingerprint density at radius 1 is 1.05 bits per heavy atom. The van der Waals surface area contributed by atoms with E-state index < -0.39 is 0 Å². The molecule has 0 spiro atoms. The van der Waals surface area contributed by atoms with Gasteiger partial charge < -0.3 is 10.3 Å². The van der Waals surface area contributed by atoms with Crippen LogP contribution in [0.25, 0.3) is 22.0 Å². The van der Waals surface area contributed by atoms with E-state index in [-0.39, 0.29) is 5.56 Å². The second-order valence-corrected chi connectivity index (χ2v) is 4.88. The summed E-state index contributed by atoms with van der Waals surface area (Å²) in [6.45, 7) is 0.510. The van der Waals surface area contributed by atoms with Crippen LogP contribution in [-0.4, -0.2) is 4.57 Å². The van der Waals surface area contributed by atoms with Crippen LogP contribution in [0.5, 0.6) is 0 Å². The first kappa shape index (κ1) is 12.6. The van der Waals surface area contributed by atoms with Crippen LogP contribution < -0.4 is 11.3 Å². The highest BCUT2D eigenvalue weighted by atomic mass is 16.1. The van der Waals surface area contributed by atoms with Gasteiger partial charge in [-0.1, -0.05) is 42.5 Å². The minimum atomic E-state index is 0.0178. The van der Waals surface area contributed by atoms with Crippen LogP contribution in [-0.2, 0) is 13.6 Å². The standard InChI is InChI=1S/C17H16N2O/c1-19-16-5-3-2-4-14(16)10-15(17(19)20)13-8-6-12(11-18)7-9-13/h2-10H,11,18H2,1H3. The maximum atomic E-state index is 12.5. The van der Waals surface area contributed by atoms with Crippen LogP contribution >= 0.6 is 0 Å². The van der Waals surface area contributed by atoms with Crippen molar-refractivity contribution in [3.8, 4) is 11.1 Å². The summed E-state index contributed by atoms with van der Waals surface area (Å²) in [6, 6.07) is 17.7. The molecule has 0 amide bonds. The van der Waals surface area contributed by atoms with Gasteiger partial charge in [0.25, 0.3) is 5.56 Å². The third-order valence-corrected chi connectivity index (χ3v) is 3.63. The van der Waals surface area contributed by atoms with Crippen molar-refractivity contribution in [3.05, 3.63) is 70.5 Å². The van der Waals surface area contributed by atoms with Gasteiger partial charge in [0, 0.05) is 19.2 Å². The third kappa shape index (κ3) is 2.02. The van der Waals surface area contributed by atoms with E-state index in [9.17, 15) is 4.79 Å². The molecule has 0 aliphatic heterocycles. The van der Waals surface area contributed by atoms with Crippen molar-refractivity contribution in [3.63, 3.8) is 0 Å². The first-order chi connectivity index (χ1) is 9.70. The second kappa shape index (κ2) is 4.94. The molecule has 20 heavy (non-hydrogen) atoms. The zero-order valence-corrected chi connectivity index (χ0v) is 11.3. The molecule has 0 aliphatic carbocycles. The molecule has 0 atom stereocenters. The SMILES string of the molecule is Cn1c(=O)c(-c2ccc(CN)cc2)cc2ccccc21. The van der Waals surface area contributed by atoms with E-state index in [2.05, 4.69) is 0 Å². The van der Waals surface area contributed by atoms with Crippen molar-refractivity contribution in [2.75, 3.05) is 0 Å². The van der Waals surface area contributed by atoms with Crippen molar-refractivity contribution >= 4 is 10.9 Å². The summed E-state index contributed by atoms with van der Waals surface area (Å²) in [5, 5.41) is 1.06. The van der Waals surface area contributed by atoms with Gasteiger partial charge in [0.15, 0.2) is 0 Å². The van der Waals surface area contributed by atoms with E-state index in [0.29, 0.717) is 6.54 Å². The van der Waals surface area contributed by atoms with E-state index >= 15 is 0 Å². The molecule has 3 heteroatoms. The number of aromatic nitrogens is 1. The number of benzene rings is 2. The van der Waals surface area contributed by atoms with Gasteiger partial charge in [0.05, 0.1) is 5.52 Å². The van der Waals surface area contributed by atoms with Gasteiger partial charge in [-0.25, -0.2) is 0 Å². The average molecular weight is 264 g/mol. The van der Waals surface area contributed by atoms with Gasteiger partial charge >= 0.3 is 0 Å². The summed E-state index contributed by atoms with van der Waals surface area (Å²) in [5.41, 5.74) is 9.27. The zero-order valence-electron chi connectivity index (χ0n) is 11.3. The lowest BCUT2D eigenvalue weighted by Crippen LogP contribution is -2.18. The molecule has 2 aromatic carbocycles. The minimum absolute atomic E-state index is 0.0178. The Hall–Kier alpha value is -2.39. The van der Waals surface area contributed by atoms with Crippen molar-refractivity contribution in [1.82, 2.24) is 4.57 Å². The average Bonchev–Trinajstić information content (AvgIpc) is 2.51. The van der Waals surface area contributed by atoms with E-state index in [4.69, 9.17) is 5.73 Å². The summed E-state index contributed by atoms with van der Waals surface area (Å²) in [7, 11) is 1.81. The lowest BCUT2D eigenvalue weighted by atomic mass is 10.0. The molecule has 2 N–H and O–H groups in total. The summed E-state index contributed by atoms with van der Waals surface area (Å²) in [4.78, 5) is 12.5. The molecular weight excluding hydrogens is 248 g/mol. The van der Waals surface area contributed by atoms with Crippen molar-refractivity contribution in [2.24, 2.45) is 12.8 Å². The summed E-state index contributed by atoms with van der Waals surface area (Å²) < 4.78 is 1.70. The molecule has 3 nitrogen and oxygen atoms in total. The molecule has 0 radical (unpaired) electrons. The Morgan fingerprint density at radius 3 is 2.45 bits per heavy atom. The van der Waals surface area contributed by atoms with Crippen molar-refractivity contribution in [1.29, 1.82) is 0 Å². The largest absolute Gasteiger partial charge is 0.326 e. The fraction of sp³-hybridized carbons (Fsp3) is 0.118. The summed E-state index contributed by atoms with van der Waals surface area (Å²) in [5.74, 6) is 0. The highest BCUT2D eigenvalue weighted by molar-refractivity contribution is 5.84. The first-order valence-corrected chi connectivity index (χ1v) is 6.59. The van der Waals surface area contributed by atoms with Crippen molar-refractivity contribution in [2.45, 2.75) is 6.54 Å². The molecular formula is C17H16N2O. The molecule has 0 aliphatic rings. The van der Waals surface area contributed by atoms with Crippen LogP contribution in [0.3, 0.4) is 0 Å². The Bertz CT molecular complexity index is 817. The predicted octanol–water partition coefficient (Wildman–Crippen LogP) is 2.66. The van der Waals surface area contributed by atoms with Crippen LogP contribution in [0.15, 0.2) is 59.4 Å². The molecule has 3 rings (SSSR count). The van der Waals surface area contributed by atoms with Gasteiger partial charge in [0.1, 0.15) is 0 Å². The molecule has 0 fully saturated rings. The second-order valence-electron chi connectivity index (χ2n) is 4.88. The molecule has 1 aromatic heterocycles. The van der Waals surface area contributed by atoms with E-state index in [0.717, 1.165) is 27.6 Å². The van der Waals surface area contributed by atoms with Crippen LogP contribution in [0.2, 0.25) is 0 Å². The third-order valence-electron chi connectivity index (χ3n) is 3.63. The first-order valence-electron chi connectivity index (χ1n) is 6.59. The maximum Gasteiger partial charge on any atom is 0.258 e. The number of nitrogens with two attached hydrogens (primary N) is 1. The summed E-state index contributed by atoms with van der Waals surface area (Å²) >= 11 is 0. The molecule has 3 aromatic rings. The van der Waals surface area contributed by atoms with E-state index in [1.54, 1.807) is 4.57 Å². The molecule has 0 unspecified atom stereocenters. The van der Waals surface area contributed by atoms with Crippen LogP contribution in [0.4, 0.5) is 0 Å². The van der Waals surface area contributed by atoms with Crippen LogP contribution in [0, 0.1) is 0 Å². The quantitative estimate of drug-likeness (QED) is 0.773. The lowest BCUT2D eigenvalue weighted by Gasteiger charge is -2.09. The fourth-order valence-electron chi connectivity index (χ4n) is 2.45. The lowest BCUT2D eigenvalue weighted by molar-refractivity contribution is 0.909. The van der Waals surface area contributed by atoms with Gasteiger partial charge in [-0.2, -0.15) is 0 Å². The topological polar surface area (TPSA) is 48.0 Å². The maximum absolute atomic E-state index is 12.5. The smallest absolute Gasteiger partial charge is 0.258 e. The van der Waals surface area contributed by atoms with E-state index in [1.165, 1.54) is 0 Å². The molecule has 0 bridgehead atoms. The summed E-state index contributed by atoms with van der Waals surface area (Å²) in [6.07, 6.45) is 0. The van der Waals surface area contributed by atoms with Gasteiger partial charge in [-0.05, 0) is 28.6 Å². The van der Waals surface area contributed by atoms with Gasteiger partial charge in [-0.3, -0.25) is 4.79 Å². The number of aryl methyl sites for hydroxylation is 1. The number of rotatable bonds is 2. The van der Waals surface area contributed by atoms with Crippen molar-refractivity contribution < 1.29 is 0 Å². The van der Waals surface area contributed by atoms with Gasteiger partial charge in [0.2, 0.25) is 0 Å². The van der Waals surface area contributed by atoms with Gasteiger partial charge in [-0.15, -0.1) is 0 Å². The Morgan fingerprint density at radius 2 is 1.75 bits per heavy atom. The van der Waals surface area contributed by atoms with Crippen LogP contribution in [0.1, 0.15) is 5.56 Å².